The largest absolute Gasteiger partial charge is 0.272 e. The molecule has 0 spiro atoms. The summed E-state index contributed by atoms with van der Waals surface area (Å²) in [5.74, 6) is -3.45. The number of halogens is 3. The normalized spacial score (nSPS) is 29.8. The van der Waals surface area contributed by atoms with Crippen molar-refractivity contribution in [2.75, 3.05) is 0 Å². The van der Waals surface area contributed by atoms with E-state index in [1.165, 1.54) is 12.3 Å². The van der Waals surface area contributed by atoms with Gasteiger partial charge < -0.3 is 0 Å². The van der Waals surface area contributed by atoms with Gasteiger partial charge in [0.1, 0.15) is 5.83 Å². The highest BCUT2D eigenvalue weighted by molar-refractivity contribution is 5.73. The summed E-state index contributed by atoms with van der Waals surface area (Å²) in [4.78, 5) is 3.93. The molecule has 1 heterocycles. The molecule has 1 aromatic heterocycles. The van der Waals surface area contributed by atoms with Crippen LogP contribution in [-0.2, 0) is 7.05 Å². The third-order valence-corrected chi connectivity index (χ3v) is 6.38. The van der Waals surface area contributed by atoms with E-state index in [1.54, 1.807) is 36.3 Å². The van der Waals surface area contributed by atoms with E-state index in [2.05, 4.69) is 16.7 Å². The molecule has 0 saturated heterocycles. The van der Waals surface area contributed by atoms with Gasteiger partial charge in [-0.25, -0.2) is 13.2 Å². The Bertz CT molecular complexity index is 891. The van der Waals surface area contributed by atoms with Crippen LogP contribution < -0.4 is 0 Å². The smallest absolute Gasteiger partial charge is 0.249 e. The molecule has 0 aromatic carbocycles. The van der Waals surface area contributed by atoms with Gasteiger partial charge in [-0.1, -0.05) is 18.2 Å². The van der Waals surface area contributed by atoms with Gasteiger partial charge in [-0.15, -0.1) is 0 Å². The van der Waals surface area contributed by atoms with E-state index in [0.717, 1.165) is 16.8 Å². The molecule has 3 rings (SSSR count). The van der Waals surface area contributed by atoms with Crippen molar-refractivity contribution in [1.29, 1.82) is 0 Å². The van der Waals surface area contributed by atoms with Gasteiger partial charge >= 0.3 is 0 Å². The zero-order chi connectivity index (χ0) is 21.2. The molecule has 0 bridgehead atoms. The van der Waals surface area contributed by atoms with E-state index in [4.69, 9.17) is 0 Å². The molecule has 6 heteroatoms. The molecule has 2 aliphatic rings. The number of allylic oxidation sites excluding steroid dienone is 6. The first kappa shape index (κ1) is 21.3. The molecule has 1 aromatic rings. The maximum absolute atomic E-state index is 15.1. The zero-order valence-corrected chi connectivity index (χ0v) is 17.2. The van der Waals surface area contributed by atoms with E-state index in [0.29, 0.717) is 12.8 Å². The Labute approximate surface area is 170 Å². The number of aromatic nitrogens is 2. The first-order chi connectivity index (χ1) is 13.7. The fraction of sp³-hybridized carbons (Fsp3) is 0.478. The second-order valence-corrected chi connectivity index (χ2v) is 8.35. The first-order valence-electron chi connectivity index (χ1n) is 9.90. The minimum absolute atomic E-state index is 0.177. The lowest BCUT2D eigenvalue weighted by Gasteiger charge is -2.32. The number of rotatable bonds is 6. The maximum Gasteiger partial charge on any atom is 0.249 e. The quantitative estimate of drug-likeness (QED) is 0.514. The second kappa shape index (κ2) is 8.17. The van der Waals surface area contributed by atoms with Crippen molar-refractivity contribution in [3.8, 4) is 0 Å². The molecule has 0 aliphatic heterocycles. The highest BCUT2D eigenvalue weighted by atomic mass is 19.3. The maximum atomic E-state index is 15.1. The molecule has 0 amide bonds. The Morgan fingerprint density at radius 1 is 1.41 bits per heavy atom. The van der Waals surface area contributed by atoms with Gasteiger partial charge in [0, 0.05) is 55.5 Å². The van der Waals surface area contributed by atoms with Gasteiger partial charge in [-0.3, -0.25) is 9.67 Å². The van der Waals surface area contributed by atoms with Crippen molar-refractivity contribution in [1.82, 2.24) is 9.78 Å². The first-order valence-corrected chi connectivity index (χ1v) is 9.90. The number of nitrogens with zero attached hydrogens (tertiary/aromatic N) is 3. The van der Waals surface area contributed by atoms with E-state index in [1.807, 2.05) is 19.9 Å². The van der Waals surface area contributed by atoms with E-state index < -0.39 is 11.3 Å². The van der Waals surface area contributed by atoms with Gasteiger partial charge in [-0.05, 0) is 56.4 Å². The number of hydrogen-bond acceptors (Lipinski definition) is 2. The van der Waals surface area contributed by atoms with Crippen LogP contribution in [0, 0.1) is 11.3 Å². The Morgan fingerprint density at radius 2 is 2.17 bits per heavy atom. The molecule has 0 N–H and O–H groups in total. The summed E-state index contributed by atoms with van der Waals surface area (Å²) in [5, 5.41) is 4.13. The number of aryl methyl sites for hydroxylation is 1. The Morgan fingerprint density at radius 3 is 2.79 bits per heavy atom. The molecule has 3 nitrogen and oxygen atoms in total. The lowest BCUT2D eigenvalue weighted by Crippen LogP contribution is -2.22. The fourth-order valence-electron chi connectivity index (χ4n) is 4.41. The van der Waals surface area contributed by atoms with Gasteiger partial charge in [0.05, 0.1) is 0 Å². The van der Waals surface area contributed by atoms with Crippen LogP contribution in [0.2, 0.25) is 0 Å². The van der Waals surface area contributed by atoms with Crippen molar-refractivity contribution in [2.24, 2.45) is 23.4 Å². The highest BCUT2D eigenvalue weighted by Crippen LogP contribution is 2.51. The Balaban J connectivity index is 1.78. The molecule has 1 saturated carbocycles. The molecular formula is C23H28F3N3. The second-order valence-electron chi connectivity index (χ2n) is 8.35. The van der Waals surface area contributed by atoms with Crippen molar-refractivity contribution in [3.05, 3.63) is 65.9 Å². The minimum atomic E-state index is -2.70. The van der Waals surface area contributed by atoms with Crippen LogP contribution in [0.1, 0.15) is 51.1 Å². The van der Waals surface area contributed by atoms with Crippen molar-refractivity contribution in [2.45, 2.75) is 51.4 Å². The van der Waals surface area contributed by atoms with Gasteiger partial charge in [-0.2, -0.15) is 5.10 Å². The molecule has 156 valence electrons. The van der Waals surface area contributed by atoms with Crippen LogP contribution in [-0.4, -0.2) is 21.9 Å². The van der Waals surface area contributed by atoms with E-state index >= 15 is 4.39 Å². The van der Waals surface area contributed by atoms with Crippen LogP contribution in [0.25, 0.3) is 0 Å². The third kappa shape index (κ3) is 4.46. The Hall–Kier alpha value is -2.37. The van der Waals surface area contributed by atoms with Crippen LogP contribution in [0.15, 0.2) is 65.2 Å². The lowest BCUT2D eigenvalue weighted by atomic mass is 9.73. The molecule has 3 unspecified atom stereocenters. The van der Waals surface area contributed by atoms with Gasteiger partial charge in [0.2, 0.25) is 5.92 Å². The summed E-state index contributed by atoms with van der Waals surface area (Å²) in [5.41, 5.74) is 1.73. The lowest BCUT2D eigenvalue weighted by molar-refractivity contribution is 0.00407. The predicted octanol–water partition coefficient (Wildman–Crippen LogP) is 6.29. The van der Waals surface area contributed by atoms with E-state index in [9.17, 15) is 8.78 Å². The van der Waals surface area contributed by atoms with Crippen LogP contribution >= 0.6 is 0 Å². The average molecular weight is 403 g/mol. The minimum Gasteiger partial charge on any atom is -0.272 e. The molecule has 1 fully saturated rings. The molecule has 29 heavy (non-hydrogen) atoms. The molecular weight excluding hydrogens is 375 g/mol. The van der Waals surface area contributed by atoms with Crippen molar-refractivity contribution >= 4 is 6.21 Å². The fourth-order valence-corrected chi connectivity index (χ4v) is 4.41. The Kier molecular flexibility index (Phi) is 6.01. The zero-order valence-electron chi connectivity index (χ0n) is 17.2. The molecule has 3 atom stereocenters. The van der Waals surface area contributed by atoms with Crippen molar-refractivity contribution < 1.29 is 13.2 Å². The topological polar surface area (TPSA) is 30.2 Å². The molecule has 2 aliphatic carbocycles. The summed E-state index contributed by atoms with van der Waals surface area (Å²) >= 11 is 0. The number of aliphatic imine (C=N–C) groups is 1. The highest BCUT2D eigenvalue weighted by Gasteiger charge is 2.48. The summed E-state index contributed by atoms with van der Waals surface area (Å²) in [6.45, 7) is 7.24. The molecule has 0 radical (unpaired) electrons. The number of alkyl halides is 2. The predicted molar refractivity (Wildman–Crippen MR) is 111 cm³/mol. The average Bonchev–Trinajstić information content (AvgIpc) is 3.20. The third-order valence-electron chi connectivity index (χ3n) is 6.38. The van der Waals surface area contributed by atoms with E-state index in [-0.39, 0.29) is 30.5 Å². The number of hydrogen-bond donors (Lipinski definition) is 0. The summed E-state index contributed by atoms with van der Waals surface area (Å²) in [6, 6.07) is 1.81. The van der Waals surface area contributed by atoms with Crippen LogP contribution in [0.3, 0.4) is 0 Å². The van der Waals surface area contributed by atoms with Crippen LogP contribution in [0.4, 0.5) is 13.2 Å². The van der Waals surface area contributed by atoms with Gasteiger partial charge in [0.25, 0.3) is 0 Å². The SMILES string of the molecule is C=C/N=C\C=C(/C)C1(C)CC=C(CC2CC(F)(F)CC2c2ccnn2C)C=C1F. The summed E-state index contributed by atoms with van der Waals surface area (Å²) < 4.78 is 45.1. The standard InChI is InChI=1S/C23H28F3N3/c1-5-27-10-7-16(2)22(3)9-6-17(13-21(22)24)12-18-14-23(25,26)15-19(18)20-8-11-28-29(20)4/h5-8,10-11,13,18-19H,1,9,12,14-15H2,2-4H3/b16-7+,27-10-. The monoisotopic (exact) mass is 403 g/mol. The van der Waals surface area contributed by atoms with Crippen molar-refractivity contribution in [3.63, 3.8) is 0 Å². The van der Waals surface area contributed by atoms with Gasteiger partial charge in [0.15, 0.2) is 0 Å². The van der Waals surface area contributed by atoms with Crippen LogP contribution in [0.5, 0.6) is 0 Å². The summed E-state index contributed by atoms with van der Waals surface area (Å²) in [7, 11) is 1.78. The summed E-state index contributed by atoms with van der Waals surface area (Å²) in [6.07, 6.45) is 10.5.